The summed E-state index contributed by atoms with van der Waals surface area (Å²) in [4.78, 5) is 0. The molecule has 1 rings (SSSR count). The van der Waals surface area contributed by atoms with Crippen LogP contribution in [0.5, 0.6) is 0 Å². The maximum atomic E-state index is 4.16. The van der Waals surface area contributed by atoms with Crippen LogP contribution in [0, 0.1) is 10.8 Å². The second kappa shape index (κ2) is 6.62. The summed E-state index contributed by atoms with van der Waals surface area (Å²) in [5.74, 6) is 0. The van der Waals surface area contributed by atoms with Gasteiger partial charge in [-0.3, -0.25) is 0 Å². The topological polar surface area (TPSA) is 24.1 Å². The zero-order chi connectivity index (χ0) is 15.4. The molecule has 0 aromatic carbocycles. The molecular weight excluding hydrogens is 244 g/mol. The fourth-order valence-electron chi connectivity index (χ4n) is 2.04. The molecule has 114 valence electrons. The van der Waals surface area contributed by atoms with E-state index in [-0.39, 0.29) is 10.8 Å². The van der Waals surface area contributed by atoms with Gasteiger partial charge >= 0.3 is 0 Å². The molecule has 2 heteroatoms. The van der Waals surface area contributed by atoms with Crippen LogP contribution in [-0.4, -0.2) is 19.6 Å². The highest BCUT2D eigenvalue weighted by atomic mass is 14.9. The molecular formula is C18H32N2. The van der Waals surface area contributed by atoms with Gasteiger partial charge in [-0.1, -0.05) is 65.8 Å². The molecule has 20 heavy (non-hydrogen) atoms. The van der Waals surface area contributed by atoms with Crippen LogP contribution < -0.4 is 10.6 Å². The molecule has 1 aliphatic rings. The van der Waals surface area contributed by atoms with E-state index < -0.39 is 0 Å². The van der Waals surface area contributed by atoms with Crippen LogP contribution in [-0.2, 0) is 0 Å². The predicted octanol–water partition coefficient (Wildman–Crippen LogP) is 4.03. The van der Waals surface area contributed by atoms with Gasteiger partial charge in [0.05, 0.1) is 0 Å². The number of rotatable bonds is 5. The van der Waals surface area contributed by atoms with Gasteiger partial charge in [0.1, 0.15) is 0 Å². The fourth-order valence-corrected chi connectivity index (χ4v) is 2.04. The van der Waals surface area contributed by atoms with Gasteiger partial charge in [-0.2, -0.15) is 0 Å². The summed E-state index contributed by atoms with van der Waals surface area (Å²) in [6.07, 6.45) is 5.73. The fraction of sp³-hybridized carbons (Fsp3) is 0.667. The summed E-state index contributed by atoms with van der Waals surface area (Å²) < 4.78 is 0. The summed E-state index contributed by atoms with van der Waals surface area (Å²) in [5.41, 5.74) is 4.38. The van der Waals surface area contributed by atoms with Gasteiger partial charge in [0.15, 0.2) is 0 Å². The normalized spacial score (nSPS) is 18.9. The SMILES string of the molecule is C=C(NC/C=C1/C=C(C(C)(C)C)CNC1)C(C)(C)CC. The van der Waals surface area contributed by atoms with Crippen molar-refractivity contribution in [3.05, 3.63) is 35.6 Å². The number of hydrogen-bond donors (Lipinski definition) is 2. The van der Waals surface area contributed by atoms with Gasteiger partial charge in [-0.05, 0) is 17.4 Å². The summed E-state index contributed by atoms with van der Waals surface area (Å²) in [6, 6.07) is 0. The van der Waals surface area contributed by atoms with Gasteiger partial charge in [0.25, 0.3) is 0 Å². The highest BCUT2D eigenvalue weighted by Crippen LogP contribution is 2.28. The van der Waals surface area contributed by atoms with Crippen molar-refractivity contribution < 1.29 is 0 Å². The minimum atomic E-state index is 0.162. The molecule has 0 aliphatic carbocycles. The molecule has 0 spiro atoms. The lowest BCUT2D eigenvalue weighted by Gasteiger charge is -2.28. The molecule has 2 nitrogen and oxygen atoms in total. The Morgan fingerprint density at radius 3 is 2.50 bits per heavy atom. The molecule has 0 aromatic rings. The van der Waals surface area contributed by atoms with Gasteiger partial charge in [0, 0.05) is 30.7 Å². The van der Waals surface area contributed by atoms with E-state index in [1.807, 2.05) is 0 Å². The van der Waals surface area contributed by atoms with Crippen LogP contribution in [0.2, 0.25) is 0 Å². The first-order chi connectivity index (χ1) is 9.16. The zero-order valence-electron chi connectivity index (χ0n) is 14.2. The van der Waals surface area contributed by atoms with E-state index in [0.29, 0.717) is 0 Å². The van der Waals surface area contributed by atoms with Crippen LogP contribution in [0.3, 0.4) is 0 Å². The van der Waals surface area contributed by atoms with E-state index in [1.54, 1.807) is 0 Å². The Labute approximate surface area is 125 Å². The third-order valence-corrected chi connectivity index (χ3v) is 4.35. The van der Waals surface area contributed by atoms with Crippen molar-refractivity contribution >= 4 is 0 Å². The van der Waals surface area contributed by atoms with Crippen LogP contribution in [0.15, 0.2) is 35.6 Å². The van der Waals surface area contributed by atoms with Gasteiger partial charge in [0.2, 0.25) is 0 Å². The van der Waals surface area contributed by atoms with E-state index in [9.17, 15) is 0 Å². The number of hydrogen-bond acceptors (Lipinski definition) is 2. The number of allylic oxidation sites excluding steroid dienone is 1. The highest BCUT2D eigenvalue weighted by molar-refractivity contribution is 5.32. The Bertz CT molecular complexity index is 406. The van der Waals surface area contributed by atoms with Crippen molar-refractivity contribution in [1.82, 2.24) is 10.6 Å². The van der Waals surface area contributed by atoms with E-state index in [0.717, 1.165) is 31.8 Å². The molecule has 1 heterocycles. The van der Waals surface area contributed by atoms with Crippen molar-refractivity contribution in [1.29, 1.82) is 0 Å². The molecule has 0 atom stereocenters. The molecule has 0 unspecified atom stereocenters. The third-order valence-electron chi connectivity index (χ3n) is 4.35. The Hall–Kier alpha value is -1.02. The van der Waals surface area contributed by atoms with Crippen molar-refractivity contribution in [2.75, 3.05) is 19.6 Å². The monoisotopic (exact) mass is 276 g/mol. The van der Waals surface area contributed by atoms with E-state index in [2.05, 4.69) is 70.9 Å². The van der Waals surface area contributed by atoms with Crippen LogP contribution in [0.1, 0.15) is 48.0 Å². The van der Waals surface area contributed by atoms with Gasteiger partial charge in [-0.15, -0.1) is 0 Å². The molecule has 0 radical (unpaired) electrons. The highest BCUT2D eigenvalue weighted by Gasteiger charge is 2.20. The molecule has 0 amide bonds. The second-order valence-electron chi connectivity index (χ2n) is 7.40. The largest absolute Gasteiger partial charge is 0.385 e. The minimum absolute atomic E-state index is 0.162. The molecule has 1 aliphatic heterocycles. The average Bonchev–Trinajstić information content (AvgIpc) is 2.38. The van der Waals surface area contributed by atoms with Crippen molar-refractivity contribution in [3.63, 3.8) is 0 Å². The van der Waals surface area contributed by atoms with Crippen LogP contribution >= 0.6 is 0 Å². The number of nitrogens with one attached hydrogen (secondary N) is 2. The predicted molar refractivity (Wildman–Crippen MR) is 89.7 cm³/mol. The van der Waals surface area contributed by atoms with Crippen LogP contribution in [0.4, 0.5) is 0 Å². The lowest BCUT2D eigenvalue weighted by atomic mass is 9.84. The van der Waals surface area contributed by atoms with Gasteiger partial charge in [-0.25, -0.2) is 0 Å². The summed E-state index contributed by atoms with van der Waals surface area (Å²) >= 11 is 0. The molecule has 0 aromatic heterocycles. The van der Waals surface area contributed by atoms with E-state index in [4.69, 9.17) is 0 Å². The van der Waals surface area contributed by atoms with E-state index >= 15 is 0 Å². The Kier molecular flexibility index (Phi) is 5.64. The molecule has 0 saturated carbocycles. The maximum absolute atomic E-state index is 4.16. The first-order valence-corrected chi connectivity index (χ1v) is 7.71. The van der Waals surface area contributed by atoms with Crippen molar-refractivity contribution in [2.24, 2.45) is 10.8 Å². The summed E-state index contributed by atoms with van der Waals surface area (Å²) in [6.45, 7) is 20.5. The Balaban J connectivity index is 2.61. The quantitative estimate of drug-likeness (QED) is 0.792. The molecule has 2 N–H and O–H groups in total. The van der Waals surface area contributed by atoms with Crippen LogP contribution in [0.25, 0.3) is 0 Å². The molecule has 0 saturated heterocycles. The van der Waals surface area contributed by atoms with Crippen molar-refractivity contribution in [2.45, 2.75) is 48.0 Å². The minimum Gasteiger partial charge on any atom is -0.385 e. The van der Waals surface area contributed by atoms with Gasteiger partial charge < -0.3 is 10.6 Å². The van der Waals surface area contributed by atoms with E-state index in [1.165, 1.54) is 11.1 Å². The average molecular weight is 276 g/mol. The zero-order valence-corrected chi connectivity index (χ0v) is 14.2. The first kappa shape index (κ1) is 17.0. The molecule has 0 fully saturated rings. The third kappa shape index (κ3) is 4.82. The standard InChI is InChI=1S/C18H32N2/c1-8-18(6,7)14(2)20-10-9-15-11-16(13-19-12-15)17(3,4)5/h9,11,19-20H,2,8,10,12-13H2,1,3-7H3/b15-9-. The lowest BCUT2D eigenvalue weighted by molar-refractivity contribution is 0.404. The lowest BCUT2D eigenvalue weighted by Crippen LogP contribution is -2.30. The smallest absolute Gasteiger partial charge is 0.0333 e. The Morgan fingerprint density at radius 2 is 1.95 bits per heavy atom. The Morgan fingerprint density at radius 1 is 1.30 bits per heavy atom. The maximum Gasteiger partial charge on any atom is 0.0333 e. The van der Waals surface area contributed by atoms with Crippen molar-refractivity contribution in [3.8, 4) is 0 Å². The summed E-state index contributed by atoms with van der Waals surface area (Å²) in [5, 5.41) is 6.93. The first-order valence-electron chi connectivity index (χ1n) is 7.71. The molecule has 0 bridgehead atoms. The summed E-state index contributed by atoms with van der Waals surface area (Å²) in [7, 11) is 0. The second-order valence-corrected chi connectivity index (χ2v) is 7.40.